The number of hydrogen-bond donors (Lipinski definition) is 0. The third-order valence-corrected chi connectivity index (χ3v) is 6.24. The molecule has 160 valence electrons. The van der Waals surface area contributed by atoms with E-state index < -0.39 is 0 Å². The number of nitrogens with zero attached hydrogens (tertiary/aromatic N) is 2. The Hall–Kier alpha value is -1.95. The molecule has 0 N–H and O–H groups in total. The molecule has 6 heteroatoms. The maximum absolute atomic E-state index is 12.1. The summed E-state index contributed by atoms with van der Waals surface area (Å²) in [4.78, 5) is 12.1. The van der Waals surface area contributed by atoms with E-state index in [9.17, 15) is 4.79 Å². The summed E-state index contributed by atoms with van der Waals surface area (Å²) in [5, 5.41) is 5.60. The predicted molar refractivity (Wildman–Crippen MR) is 119 cm³/mol. The zero-order chi connectivity index (χ0) is 21.1. The van der Waals surface area contributed by atoms with Gasteiger partial charge in [0, 0.05) is 11.3 Å². The van der Waals surface area contributed by atoms with Gasteiger partial charge >= 0.3 is 5.97 Å². The minimum atomic E-state index is -0.105. The Morgan fingerprint density at radius 2 is 2.00 bits per heavy atom. The molecule has 0 bridgehead atoms. The van der Waals surface area contributed by atoms with Crippen LogP contribution in [0.4, 0.5) is 0 Å². The second kappa shape index (κ2) is 12.6. The molecule has 1 heterocycles. The summed E-state index contributed by atoms with van der Waals surface area (Å²) in [6, 6.07) is 8.01. The Morgan fingerprint density at radius 3 is 2.66 bits per heavy atom. The molecule has 0 aliphatic carbocycles. The Morgan fingerprint density at radius 1 is 1.24 bits per heavy atom. The van der Waals surface area contributed by atoms with Crippen LogP contribution in [0.15, 0.2) is 35.5 Å². The molecular formula is C23H34N2O3S. The number of carbonyl (C=O) groups is 1. The Bertz CT molecular complexity index is 743. The van der Waals surface area contributed by atoms with E-state index >= 15 is 0 Å². The molecule has 2 rings (SSSR count). The molecule has 1 unspecified atom stereocenters. The van der Waals surface area contributed by atoms with Gasteiger partial charge in [-0.25, -0.2) is 0 Å². The van der Waals surface area contributed by atoms with Gasteiger partial charge in [-0.1, -0.05) is 45.2 Å². The zero-order valence-corrected chi connectivity index (χ0v) is 19.0. The summed E-state index contributed by atoms with van der Waals surface area (Å²) in [5.74, 6) is 1.92. The number of hydrogen-bond acceptors (Lipinski definition) is 5. The number of rotatable bonds is 13. The standard InChI is InChI=1S/C23H34N2O3S/c1-5-7-8-19(6-2)17-28-22(26)13-14-29-23-18(3)15-24-25(23)16-20-9-11-21(27-4)12-10-20/h9-12,15,19H,5-8,13-14,16-17H2,1-4H3. The van der Waals surface area contributed by atoms with E-state index in [-0.39, 0.29) is 5.97 Å². The second-order valence-corrected chi connectivity index (χ2v) is 8.42. The predicted octanol–water partition coefficient (Wildman–Crippen LogP) is 5.49. The fraction of sp³-hybridized carbons (Fsp3) is 0.565. The highest BCUT2D eigenvalue weighted by Gasteiger charge is 2.13. The third kappa shape index (κ3) is 7.77. The van der Waals surface area contributed by atoms with Crippen molar-refractivity contribution in [2.45, 2.75) is 64.4 Å². The third-order valence-electron chi connectivity index (χ3n) is 5.02. The van der Waals surface area contributed by atoms with Crippen molar-refractivity contribution in [3.63, 3.8) is 0 Å². The Labute approximate surface area is 179 Å². The van der Waals surface area contributed by atoms with E-state index in [0.717, 1.165) is 34.7 Å². The van der Waals surface area contributed by atoms with E-state index in [1.165, 1.54) is 12.8 Å². The Kier molecular flexibility index (Phi) is 10.1. The molecule has 1 aromatic heterocycles. The van der Waals surface area contributed by atoms with Gasteiger partial charge in [-0.3, -0.25) is 9.48 Å². The quantitative estimate of drug-likeness (QED) is 0.318. The van der Waals surface area contributed by atoms with Crippen molar-refractivity contribution in [2.24, 2.45) is 5.92 Å². The van der Waals surface area contributed by atoms with Gasteiger partial charge in [0.05, 0.1) is 37.9 Å². The molecule has 2 aromatic rings. The maximum atomic E-state index is 12.1. The summed E-state index contributed by atoms with van der Waals surface area (Å²) >= 11 is 1.66. The first-order valence-electron chi connectivity index (χ1n) is 10.5. The number of aromatic nitrogens is 2. The van der Waals surface area contributed by atoms with E-state index in [2.05, 4.69) is 25.9 Å². The van der Waals surface area contributed by atoms with Gasteiger partial charge in [0.15, 0.2) is 0 Å². The van der Waals surface area contributed by atoms with Gasteiger partial charge < -0.3 is 9.47 Å². The lowest BCUT2D eigenvalue weighted by Gasteiger charge is -2.14. The highest BCUT2D eigenvalue weighted by molar-refractivity contribution is 7.99. The summed E-state index contributed by atoms with van der Waals surface area (Å²) in [5.41, 5.74) is 2.29. The molecule has 0 spiro atoms. The normalized spacial score (nSPS) is 12.0. The summed E-state index contributed by atoms with van der Waals surface area (Å²) in [6.07, 6.45) is 6.88. The van der Waals surface area contributed by atoms with Crippen molar-refractivity contribution in [3.8, 4) is 5.75 Å². The van der Waals surface area contributed by atoms with Crippen LogP contribution in [0.3, 0.4) is 0 Å². The molecule has 29 heavy (non-hydrogen) atoms. The van der Waals surface area contributed by atoms with Crippen LogP contribution in [-0.2, 0) is 16.1 Å². The van der Waals surface area contributed by atoms with Gasteiger partial charge in [0.1, 0.15) is 5.75 Å². The molecule has 0 saturated carbocycles. The van der Waals surface area contributed by atoms with Crippen molar-refractivity contribution in [2.75, 3.05) is 19.5 Å². The van der Waals surface area contributed by atoms with Crippen molar-refractivity contribution >= 4 is 17.7 Å². The number of thioether (sulfide) groups is 1. The lowest BCUT2D eigenvalue weighted by Crippen LogP contribution is -2.14. The van der Waals surface area contributed by atoms with Crippen LogP contribution in [-0.4, -0.2) is 35.2 Å². The van der Waals surface area contributed by atoms with Gasteiger partial charge in [-0.2, -0.15) is 5.10 Å². The summed E-state index contributed by atoms with van der Waals surface area (Å²) < 4.78 is 12.7. The van der Waals surface area contributed by atoms with Crippen LogP contribution in [0.5, 0.6) is 5.75 Å². The van der Waals surface area contributed by atoms with Gasteiger partial charge in [0.2, 0.25) is 0 Å². The SMILES string of the molecule is CCCCC(CC)COC(=O)CCSc1c(C)cnn1Cc1ccc(OC)cc1. The van der Waals surface area contributed by atoms with Crippen molar-refractivity contribution in [1.82, 2.24) is 9.78 Å². The van der Waals surface area contributed by atoms with Gasteiger partial charge in [0.25, 0.3) is 0 Å². The number of aryl methyl sites for hydroxylation is 1. The monoisotopic (exact) mass is 418 g/mol. The van der Waals surface area contributed by atoms with Gasteiger partial charge in [-0.15, -0.1) is 11.8 Å². The van der Waals surface area contributed by atoms with Crippen molar-refractivity contribution < 1.29 is 14.3 Å². The van der Waals surface area contributed by atoms with Crippen LogP contribution in [0.1, 0.15) is 57.1 Å². The maximum Gasteiger partial charge on any atom is 0.306 e. The molecule has 0 aliphatic heterocycles. The first-order valence-corrected chi connectivity index (χ1v) is 11.5. The number of esters is 1. The summed E-state index contributed by atoms with van der Waals surface area (Å²) in [6.45, 7) is 7.65. The topological polar surface area (TPSA) is 53.3 Å². The highest BCUT2D eigenvalue weighted by atomic mass is 32.2. The van der Waals surface area contributed by atoms with Crippen LogP contribution in [0.2, 0.25) is 0 Å². The van der Waals surface area contributed by atoms with Crippen molar-refractivity contribution in [3.05, 3.63) is 41.6 Å². The molecule has 0 amide bonds. The molecule has 0 radical (unpaired) electrons. The smallest absolute Gasteiger partial charge is 0.306 e. The molecule has 0 fully saturated rings. The lowest BCUT2D eigenvalue weighted by molar-refractivity contribution is -0.144. The average Bonchev–Trinajstić information content (AvgIpc) is 3.08. The molecular weight excluding hydrogens is 384 g/mol. The van der Waals surface area contributed by atoms with E-state index in [4.69, 9.17) is 9.47 Å². The minimum Gasteiger partial charge on any atom is -0.497 e. The molecule has 1 aromatic carbocycles. The van der Waals surface area contributed by atoms with Crippen LogP contribution in [0, 0.1) is 12.8 Å². The van der Waals surface area contributed by atoms with Gasteiger partial charge in [-0.05, 0) is 37.0 Å². The van der Waals surface area contributed by atoms with E-state index in [1.807, 2.05) is 35.1 Å². The number of benzene rings is 1. The van der Waals surface area contributed by atoms with Crippen LogP contribution < -0.4 is 4.74 Å². The lowest BCUT2D eigenvalue weighted by atomic mass is 10.0. The first kappa shape index (κ1) is 23.3. The molecule has 0 saturated heterocycles. The molecule has 1 atom stereocenters. The zero-order valence-electron chi connectivity index (χ0n) is 18.1. The highest BCUT2D eigenvalue weighted by Crippen LogP contribution is 2.24. The van der Waals surface area contributed by atoms with E-state index in [0.29, 0.717) is 31.2 Å². The minimum absolute atomic E-state index is 0.105. The number of methoxy groups -OCH3 is 1. The van der Waals surface area contributed by atoms with Crippen molar-refractivity contribution in [1.29, 1.82) is 0 Å². The molecule has 5 nitrogen and oxygen atoms in total. The van der Waals surface area contributed by atoms with Crippen LogP contribution >= 0.6 is 11.8 Å². The average molecular weight is 419 g/mol. The largest absolute Gasteiger partial charge is 0.497 e. The Balaban J connectivity index is 1.81. The first-order chi connectivity index (χ1) is 14.1. The number of carbonyl (C=O) groups excluding carboxylic acids is 1. The second-order valence-electron chi connectivity index (χ2n) is 7.34. The van der Waals surface area contributed by atoms with E-state index in [1.54, 1.807) is 18.9 Å². The molecule has 0 aliphatic rings. The number of unbranched alkanes of at least 4 members (excludes halogenated alkanes) is 1. The number of ether oxygens (including phenoxy) is 2. The van der Waals surface area contributed by atoms with Crippen LogP contribution in [0.25, 0.3) is 0 Å². The summed E-state index contributed by atoms with van der Waals surface area (Å²) in [7, 11) is 1.67. The fourth-order valence-electron chi connectivity index (χ4n) is 3.08. The fourth-order valence-corrected chi connectivity index (χ4v) is 4.09.